The van der Waals surface area contributed by atoms with Gasteiger partial charge in [0.15, 0.2) is 5.11 Å². The predicted octanol–water partition coefficient (Wildman–Crippen LogP) is 2.18. The third-order valence-corrected chi connectivity index (χ3v) is 2.53. The van der Waals surface area contributed by atoms with Gasteiger partial charge in [-0.05, 0) is 24.7 Å². The molecule has 3 heteroatoms. The van der Waals surface area contributed by atoms with Crippen molar-refractivity contribution in [3.63, 3.8) is 0 Å². The minimum atomic E-state index is 0.256. The molecule has 1 N–H and O–H groups in total. The van der Waals surface area contributed by atoms with Crippen LogP contribution in [0.4, 0.5) is 0 Å². The molecule has 0 amide bonds. The maximum Gasteiger partial charge on any atom is 0.168 e. The van der Waals surface area contributed by atoms with Gasteiger partial charge in [0.2, 0.25) is 0 Å². The molecule has 1 atom stereocenters. The third kappa shape index (κ3) is 3.00. The molecule has 2 nitrogen and oxygen atoms in total. The molecule has 1 aromatic carbocycles. The van der Waals surface area contributed by atoms with Gasteiger partial charge < -0.3 is 10.2 Å². The molecule has 0 unspecified atom stereocenters. The van der Waals surface area contributed by atoms with E-state index in [9.17, 15) is 0 Å². The number of nitrogens with zero attached hydrogens (tertiary/aromatic N) is 1. The van der Waals surface area contributed by atoms with Crippen molar-refractivity contribution in [2.24, 2.45) is 0 Å². The second kappa shape index (κ2) is 4.96. The number of rotatable bonds is 2. The molecule has 1 rings (SSSR count). The number of hydrogen-bond donors (Lipinski definition) is 1. The van der Waals surface area contributed by atoms with Gasteiger partial charge in [0.25, 0.3) is 0 Å². The van der Waals surface area contributed by atoms with E-state index < -0.39 is 0 Å². The van der Waals surface area contributed by atoms with Crippen LogP contribution < -0.4 is 5.32 Å². The van der Waals surface area contributed by atoms with Gasteiger partial charge in [-0.25, -0.2) is 0 Å². The maximum atomic E-state index is 5.17. The summed E-state index contributed by atoms with van der Waals surface area (Å²) in [5.74, 6) is 0. The highest BCUT2D eigenvalue weighted by Crippen LogP contribution is 2.10. The van der Waals surface area contributed by atoms with Gasteiger partial charge >= 0.3 is 0 Å². The van der Waals surface area contributed by atoms with Crippen molar-refractivity contribution in [1.29, 1.82) is 0 Å². The Morgan fingerprint density at radius 1 is 1.29 bits per heavy atom. The molecule has 0 aliphatic rings. The third-order valence-electron chi connectivity index (χ3n) is 2.05. The SMILES string of the molecule is C[C@@H](NC(=S)N(C)C)c1ccccc1. The average Bonchev–Trinajstić information content (AvgIpc) is 2.19. The van der Waals surface area contributed by atoms with Crippen molar-refractivity contribution < 1.29 is 0 Å². The van der Waals surface area contributed by atoms with Crippen LogP contribution in [0.2, 0.25) is 0 Å². The largest absolute Gasteiger partial charge is 0.356 e. The Balaban J connectivity index is 2.59. The highest BCUT2D eigenvalue weighted by molar-refractivity contribution is 7.80. The van der Waals surface area contributed by atoms with Crippen molar-refractivity contribution in [3.05, 3.63) is 35.9 Å². The summed E-state index contributed by atoms with van der Waals surface area (Å²) in [7, 11) is 3.88. The van der Waals surface area contributed by atoms with Crippen LogP contribution in [-0.2, 0) is 0 Å². The van der Waals surface area contributed by atoms with Crippen LogP contribution in [0.3, 0.4) is 0 Å². The smallest absolute Gasteiger partial charge is 0.168 e. The summed E-state index contributed by atoms with van der Waals surface area (Å²) >= 11 is 5.17. The van der Waals surface area contributed by atoms with Gasteiger partial charge in [-0.3, -0.25) is 0 Å². The first-order chi connectivity index (χ1) is 6.61. The quantitative estimate of drug-likeness (QED) is 0.750. The van der Waals surface area contributed by atoms with E-state index in [-0.39, 0.29) is 6.04 Å². The molecule has 14 heavy (non-hydrogen) atoms. The van der Waals surface area contributed by atoms with E-state index in [2.05, 4.69) is 24.4 Å². The summed E-state index contributed by atoms with van der Waals surface area (Å²) < 4.78 is 0. The highest BCUT2D eigenvalue weighted by atomic mass is 32.1. The number of hydrogen-bond acceptors (Lipinski definition) is 1. The van der Waals surface area contributed by atoms with Crippen LogP contribution in [0.15, 0.2) is 30.3 Å². The van der Waals surface area contributed by atoms with E-state index in [0.717, 1.165) is 5.11 Å². The van der Waals surface area contributed by atoms with Crippen LogP contribution >= 0.6 is 12.2 Å². The zero-order chi connectivity index (χ0) is 10.6. The molecule has 0 aliphatic carbocycles. The average molecular weight is 208 g/mol. The van der Waals surface area contributed by atoms with Gasteiger partial charge in [0, 0.05) is 14.1 Å². The van der Waals surface area contributed by atoms with Crippen LogP contribution in [0.25, 0.3) is 0 Å². The number of thiocarbonyl (C=S) groups is 1. The lowest BCUT2D eigenvalue weighted by Gasteiger charge is -2.20. The van der Waals surface area contributed by atoms with Crippen molar-refractivity contribution in [2.45, 2.75) is 13.0 Å². The monoisotopic (exact) mass is 208 g/mol. The summed E-state index contributed by atoms with van der Waals surface area (Å²) in [6.07, 6.45) is 0. The summed E-state index contributed by atoms with van der Waals surface area (Å²) in [5.41, 5.74) is 1.25. The maximum absolute atomic E-state index is 5.17. The molecule has 0 heterocycles. The zero-order valence-electron chi connectivity index (χ0n) is 8.82. The van der Waals surface area contributed by atoms with Crippen molar-refractivity contribution >= 4 is 17.3 Å². The lowest BCUT2D eigenvalue weighted by atomic mass is 10.1. The Morgan fingerprint density at radius 3 is 2.36 bits per heavy atom. The Hall–Kier alpha value is -1.09. The molecule has 0 saturated heterocycles. The molecule has 0 bridgehead atoms. The fourth-order valence-corrected chi connectivity index (χ4v) is 1.32. The first-order valence-corrected chi connectivity index (χ1v) is 5.05. The molecule has 0 saturated carbocycles. The normalized spacial score (nSPS) is 11.9. The summed E-state index contributed by atoms with van der Waals surface area (Å²) in [4.78, 5) is 1.90. The summed E-state index contributed by atoms with van der Waals surface area (Å²) in [6, 6.07) is 10.5. The zero-order valence-corrected chi connectivity index (χ0v) is 9.64. The Labute approximate surface area is 90.9 Å². The van der Waals surface area contributed by atoms with Crippen LogP contribution in [-0.4, -0.2) is 24.1 Å². The van der Waals surface area contributed by atoms with Gasteiger partial charge in [0.1, 0.15) is 0 Å². The second-order valence-corrected chi connectivity index (χ2v) is 3.86. The van der Waals surface area contributed by atoms with E-state index in [0.29, 0.717) is 0 Å². The fourth-order valence-electron chi connectivity index (χ4n) is 1.14. The Bertz CT molecular complexity index is 295. The van der Waals surface area contributed by atoms with Crippen molar-refractivity contribution in [2.75, 3.05) is 14.1 Å². The molecule has 0 spiro atoms. The van der Waals surface area contributed by atoms with Gasteiger partial charge in [0.05, 0.1) is 6.04 Å². The lowest BCUT2D eigenvalue weighted by Crippen LogP contribution is -2.35. The molecule has 0 aliphatic heterocycles. The van der Waals surface area contributed by atoms with Gasteiger partial charge in [-0.2, -0.15) is 0 Å². The van der Waals surface area contributed by atoms with E-state index in [1.54, 1.807) is 0 Å². The van der Waals surface area contributed by atoms with Gasteiger partial charge in [-0.15, -0.1) is 0 Å². The minimum Gasteiger partial charge on any atom is -0.356 e. The molecule has 0 radical (unpaired) electrons. The predicted molar refractivity (Wildman–Crippen MR) is 64.3 cm³/mol. The van der Waals surface area contributed by atoms with Crippen LogP contribution in [0, 0.1) is 0 Å². The molecule has 0 fully saturated rings. The fraction of sp³-hybridized carbons (Fsp3) is 0.364. The summed E-state index contributed by atoms with van der Waals surface area (Å²) in [6.45, 7) is 2.10. The summed E-state index contributed by atoms with van der Waals surface area (Å²) in [5, 5.41) is 4.02. The number of nitrogens with one attached hydrogen (secondary N) is 1. The second-order valence-electron chi connectivity index (χ2n) is 3.48. The highest BCUT2D eigenvalue weighted by Gasteiger charge is 2.06. The topological polar surface area (TPSA) is 15.3 Å². The first-order valence-electron chi connectivity index (χ1n) is 4.64. The minimum absolute atomic E-state index is 0.256. The number of benzene rings is 1. The Kier molecular flexibility index (Phi) is 3.89. The van der Waals surface area contributed by atoms with E-state index >= 15 is 0 Å². The lowest BCUT2D eigenvalue weighted by molar-refractivity contribution is 0.574. The molecule has 0 aromatic heterocycles. The van der Waals surface area contributed by atoms with Crippen molar-refractivity contribution in [1.82, 2.24) is 10.2 Å². The van der Waals surface area contributed by atoms with E-state index in [4.69, 9.17) is 12.2 Å². The van der Waals surface area contributed by atoms with Crippen molar-refractivity contribution in [3.8, 4) is 0 Å². The standard InChI is InChI=1S/C11H16N2S/c1-9(12-11(14)13(2)3)10-7-5-4-6-8-10/h4-9H,1-3H3,(H,12,14)/t9-/m1/s1. The van der Waals surface area contributed by atoms with E-state index in [1.165, 1.54) is 5.56 Å². The van der Waals surface area contributed by atoms with Crippen LogP contribution in [0.1, 0.15) is 18.5 Å². The molecule has 1 aromatic rings. The molecule has 76 valence electrons. The van der Waals surface area contributed by atoms with Gasteiger partial charge in [-0.1, -0.05) is 30.3 Å². The Morgan fingerprint density at radius 2 is 1.86 bits per heavy atom. The first kappa shape index (κ1) is 11.0. The van der Waals surface area contributed by atoms with E-state index in [1.807, 2.05) is 37.2 Å². The molecular weight excluding hydrogens is 192 g/mol. The van der Waals surface area contributed by atoms with Crippen LogP contribution in [0.5, 0.6) is 0 Å². The molecular formula is C11H16N2S.